The number of carbonyl (C=O) groups excluding carboxylic acids is 1. The maximum Gasteiger partial charge on any atom is 0.328 e. The van der Waals surface area contributed by atoms with Crippen LogP contribution in [-0.4, -0.2) is 23.7 Å². The van der Waals surface area contributed by atoms with Gasteiger partial charge in [0.2, 0.25) is 0 Å². The van der Waals surface area contributed by atoms with E-state index in [1.807, 2.05) is 0 Å². The van der Waals surface area contributed by atoms with E-state index in [-0.39, 0.29) is 13.0 Å². The first-order chi connectivity index (χ1) is 9.88. The number of benzene rings is 1. The van der Waals surface area contributed by atoms with Crippen LogP contribution < -0.4 is 0 Å². The highest BCUT2D eigenvalue weighted by Crippen LogP contribution is 2.34. The maximum absolute atomic E-state index is 12.3. The van der Waals surface area contributed by atoms with Gasteiger partial charge in [-0.2, -0.15) is 0 Å². The molecule has 0 bridgehead atoms. The molecular formula is C15H16Cl2O4. The summed E-state index contributed by atoms with van der Waals surface area (Å²) in [5.74, 6) is -2.11. The molecule has 0 amide bonds. The SMILES string of the molecule is CCOC(=O)C(C/C(C)=C/Cl)(C(=O)O)c1ccc(Cl)cc1. The molecule has 0 fully saturated rings. The molecule has 0 heterocycles. The zero-order valence-electron chi connectivity index (χ0n) is 11.7. The van der Waals surface area contributed by atoms with Gasteiger partial charge in [0.15, 0.2) is 5.41 Å². The minimum Gasteiger partial charge on any atom is -0.480 e. The van der Waals surface area contributed by atoms with Crippen LogP contribution in [0.1, 0.15) is 25.8 Å². The van der Waals surface area contributed by atoms with E-state index in [1.165, 1.54) is 29.8 Å². The first-order valence-electron chi connectivity index (χ1n) is 6.31. The molecule has 0 radical (unpaired) electrons. The Morgan fingerprint density at radius 1 is 1.33 bits per heavy atom. The van der Waals surface area contributed by atoms with Crippen LogP contribution in [0, 0.1) is 0 Å². The molecule has 1 aromatic rings. The van der Waals surface area contributed by atoms with Crippen molar-refractivity contribution < 1.29 is 19.4 Å². The van der Waals surface area contributed by atoms with Gasteiger partial charge in [0.1, 0.15) is 0 Å². The Morgan fingerprint density at radius 2 is 1.90 bits per heavy atom. The van der Waals surface area contributed by atoms with Crippen LogP contribution in [-0.2, 0) is 19.7 Å². The van der Waals surface area contributed by atoms with E-state index in [4.69, 9.17) is 27.9 Å². The molecule has 21 heavy (non-hydrogen) atoms. The van der Waals surface area contributed by atoms with Crippen molar-refractivity contribution >= 4 is 35.1 Å². The molecule has 0 aliphatic heterocycles. The van der Waals surface area contributed by atoms with Gasteiger partial charge in [0, 0.05) is 17.0 Å². The summed E-state index contributed by atoms with van der Waals surface area (Å²) in [6, 6.07) is 6.09. The lowest BCUT2D eigenvalue weighted by Gasteiger charge is -2.28. The van der Waals surface area contributed by atoms with Gasteiger partial charge in [0.05, 0.1) is 6.61 Å². The van der Waals surface area contributed by atoms with Crippen molar-refractivity contribution in [3.05, 3.63) is 46.0 Å². The summed E-state index contributed by atoms with van der Waals surface area (Å²) in [5.41, 5.74) is 0.279. The van der Waals surface area contributed by atoms with E-state index >= 15 is 0 Å². The van der Waals surface area contributed by atoms with E-state index in [2.05, 4.69) is 0 Å². The fourth-order valence-electron chi connectivity index (χ4n) is 2.02. The predicted octanol–water partition coefficient (Wildman–Crippen LogP) is 3.76. The van der Waals surface area contributed by atoms with Crippen molar-refractivity contribution in [1.82, 2.24) is 0 Å². The van der Waals surface area contributed by atoms with Crippen LogP contribution in [0.15, 0.2) is 35.4 Å². The lowest BCUT2D eigenvalue weighted by Crippen LogP contribution is -2.45. The van der Waals surface area contributed by atoms with Gasteiger partial charge in [-0.1, -0.05) is 40.9 Å². The molecule has 1 N–H and O–H groups in total. The lowest BCUT2D eigenvalue weighted by atomic mass is 9.75. The molecule has 6 heteroatoms. The molecule has 1 rings (SSSR count). The third-order valence-corrected chi connectivity index (χ3v) is 3.68. The third-order valence-electron chi connectivity index (χ3n) is 3.06. The van der Waals surface area contributed by atoms with Crippen molar-refractivity contribution in [2.24, 2.45) is 0 Å². The van der Waals surface area contributed by atoms with Crippen molar-refractivity contribution in [2.45, 2.75) is 25.7 Å². The maximum atomic E-state index is 12.3. The molecule has 0 saturated heterocycles. The second kappa shape index (κ2) is 7.48. The largest absolute Gasteiger partial charge is 0.480 e. The van der Waals surface area contributed by atoms with Crippen LogP contribution in [0.5, 0.6) is 0 Å². The van der Waals surface area contributed by atoms with Gasteiger partial charge >= 0.3 is 11.9 Å². The quantitative estimate of drug-likeness (QED) is 0.637. The molecular weight excluding hydrogens is 315 g/mol. The number of rotatable bonds is 6. The summed E-state index contributed by atoms with van der Waals surface area (Å²) in [5, 5.41) is 10.1. The summed E-state index contributed by atoms with van der Waals surface area (Å²) in [6.07, 6.45) is -0.0771. The number of carboxylic acid groups (broad SMARTS) is 1. The number of hydrogen-bond donors (Lipinski definition) is 1. The number of esters is 1. The van der Waals surface area contributed by atoms with Crippen molar-refractivity contribution in [2.75, 3.05) is 6.61 Å². The van der Waals surface area contributed by atoms with Crippen molar-refractivity contribution in [1.29, 1.82) is 0 Å². The van der Waals surface area contributed by atoms with Crippen LogP contribution in [0.2, 0.25) is 5.02 Å². The Labute approximate surface area is 133 Å². The number of allylic oxidation sites excluding steroid dienone is 1. The van der Waals surface area contributed by atoms with Gasteiger partial charge in [-0.3, -0.25) is 9.59 Å². The normalized spacial score (nSPS) is 14.4. The zero-order valence-corrected chi connectivity index (χ0v) is 13.2. The smallest absolute Gasteiger partial charge is 0.328 e. The van der Waals surface area contributed by atoms with E-state index in [1.54, 1.807) is 13.8 Å². The molecule has 0 aliphatic rings. The fourth-order valence-corrected chi connectivity index (χ4v) is 2.23. The number of halogens is 2. The summed E-state index contributed by atoms with van der Waals surface area (Å²) < 4.78 is 4.98. The van der Waals surface area contributed by atoms with Gasteiger partial charge in [-0.05, 0) is 31.5 Å². The molecule has 0 aromatic heterocycles. The predicted molar refractivity (Wildman–Crippen MR) is 81.6 cm³/mol. The van der Waals surface area contributed by atoms with E-state index in [9.17, 15) is 14.7 Å². The molecule has 1 atom stereocenters. The second-order valence-electron chi connectivity index (χ2n) is 4.57. The number of aliphatic carboxylic acids is 1. The Hall–Kier alpha value is -1.52. The Morgan fingerprint density at radius 3 is 2.33 bits per heavy atom. The average molecular weight is 331 g/mol. The number of carboxylic acids is 1. The molecule has 114 valence electrons. The van der Waals surface area contributed by atoms with Gasteiger partial charge < -0.3 is 9.84 Å². The second-order valence-corrected chi connectivity index (χ2v) is 5.22. The Balaban J connectivity index is 3.46. The van der Waals surface area contributed by atoms with Crippen LogP contribution >= 0.6 is 23.2 Å². The standard InChI is InChI=1S/C15H16Cl2O4/c1-3-21-14(20)15(13(18)19,8-10(2)9-16)11-4-6-12(17)7-5-11/h4-7,9H,3,8H2,1-2H3,(H,18,19)/b10-9+. The first kappa shape index (κ1) is 17.5. The highest BCUT2D eigenvalue weighted by atomic mass is 35.5. The molecule has 1 unspecified atom stereocenters. The first-order valence-corrected chi connectivity index (χ1v) is 7.12. The number of ether oxygens (including phenoxy) is 1. The van der Waals surface area contributed by atoms with Gasteiger partial charge in [-0.25, -0.2) is 0 Å². The number of hydrogen-bond acceptors (Lipinski definition) is 3. The molecule has 4 nitrogen and oxygen atoms in total. The van der Waals surface area contributed by atoms with Crippen molar-refractivity contribution in [3.8, 4) is 0 Å². The van der Waals surface area contributed by atoms with Crippen LogP contribution in [0.25, 0.3) is 0 Å². The molecule has 1 aromatic carbocycles. The molecule has 0 spiro atoms. The summed E-state index contributed by atoms with van der Waals surface area (Å²) in [7, 11) is 0. The average Bonchev–Trinajstić information content (AvgIpc) is 2.45. The minimum absolute atomic E-state index is 0.0771. The van der Waals surface area contributed by atoms with E-state index in [0.29, 0.717) is 16.2 Å². The monoisotopic (exact) mass is 330 g/mol. The highest BCUT2D eigenvalue weighted by molar-refractivity contribution is 6.30. The van der Waals surface area contributed by atoms with E-state index < -0.39 is 17.4 Å². The number of carbonyl (C=O) groups is 2. The van der Waals surface area contributed by atoms with Gasteiger partial charge in [0.25, 0.3) is 0 Å². The van der Waals surface area contributed by atoms with Crippen LogP contribution in [0.3, 0.4) is 0 Å². The minimum atomic E-state index is -1.84. The summed E-state index contributed by atoms with van der Waals surface area (Å²) in [6.45, 7) is 3.36. The molecule has 0 saturated carbocycles. The van der Waals surface area contributed by atoms with Crippen molar-refractivity contribution in [3.63, 3.8) is 0 Å². The highest BCUT2D eigenvalue weighted by Gasteiger charge is 2.49. The molecule has 0 aliphatic carbocycles. The third kappa shape index (κ3) is 3.77. The zero-order chi connectivity index (χ0) is 16.0. The topological polar surface area (TPSA) is 63.6 Å². The fraction of sp³-hybridized carbons (Fsp3) is 0.333. The van der Waals surface area contributed by atoms with Crippen LogP contribution in [0.4, 0.5) is 0 Å². The Kier molecular flexibility index (Phi) is 6.24. The lowest BCUT2D eigenvalue weighted by molar-refractivity contribution is -0.161. The van der Waals surface area contributed by atoms with E-state index in [0.717, 1.165) is 0 Å². The summed E-state index contributed by atoms with van der Waals surface area (Å²) in [4.78, 5) is 24.2. The van der Waals surface area contributed by atoms with Gasteiger partial charge in [-0.15, -0.1) is 0 Å². The Bertz CT molecular complexity index is 551. The summed E-state index contributed by atoms with van der Waals surface area (Å²) >= 11 is 11.4.